The molecule has 1 aliphatic carbocycles. The van der Waals surface area contributed by atoms with Crippen LogP contribution in [0.3, 0.4) is 0 Å². The molecule has 1 saturated heterocycles. The van der Waals surface area contributed by atoms with Gasteiger partial charge in [-0.1, -0.05) is 23.1 Å². The van der Waals surface area contributed by atoms with E-state index in [-0.39, 0.29) is 12.2 Å². The molecule has 0 amide bonds. The van der Waals surface area contributed by atoms with Gasteiger partial charge in [0.05, 0.1) is 18.8 Å². The highest BCUT2D eigenvalue weighted by Crippen LogP contribution is 2.29. The lowest BCUT2D eigenvalue weighted by Gasteiger charge is -2.22. The Hall–Kier alpha value is -2.16. The summed E-state index contributed by atoms with van der Waals surface area (Å²) >= 11 is 0. The summed E-state index contributed by atoms with van der Waals surface area (Å²) in [7, 11) is 1.72. The van der Waals surface area contributed by atoms with Gasteiger partial charge in [0.1, 0.15) is 11.8 Å². The molecule has 5 nitrogen and oxygen atoms in total. The van der Waals surface area contributed by atoms with Crippen molar-refractivity contribution in [2.45, 2.75) is 57.8 Å². The van der Waals surface area contributed by atoms with Crippen LogP contribution in [0.4, 0.5) is 0 Å². The van der Waals surface area contributed by atoms with Crippen LogP contribution < -0.4 is 0 Å². The monoisotopic (exact) mass is 365 g/mol. The second-order valence-corrected chi connectivity index (χ2v) is 7.58. The molecule has 0 radical (unpaired) electrons. The van der Waals surface area contributed by atoms with Crippen molar-refractivity contribution < 1.29 is 9.47 Å². The van der Waals surface area contributed by atoms with Gasteiger partial charge in [-0.2, -0.15) is 0 Å². The maximum Gasteiger partial charge on any atom is 0.128 e. The molecule has 2 atom stereocenters. The standard InChI is InChI=1S/C22H27N3O2/c1-16-6-7-18(11-10-17-8-9-17)13-20(16)22(26-2)21-15-25(24-23-21)14-19-5-3-4-12-27-19/h6-7,13,15,17,19,22H,3-5,8-9,12,14H2,1-2H3/t19-,22+/m0/s1. The average Bonchev–Trinajstić information content (AvgIpc) is 3.42. The Bertz CT molecular complexity index is 839. The predicted molar refractivity (Wildman–Crippen MR) is 103 cm³/mol. The topological polar surface area (TPSA) is 49.2 Å². The normalized spacial score (nSPS) is 20.7. The molecule has 0 N–H and O–H groups in total. The maximum absolute atomic E-state index is 5.81. The number of benzene rings is 1. The second-order valence-electron chi connectivity index (χ2n) is 7.58. The minimum Gasteiger partial charge on any atom is -0.376 e. The number of hydrogen-bond donors (Lipinski definition) is 0. The van der Waals surface area contributed by atoms with Crippen LogP contribution in [0.2, 0.25) is 0 Å². The van der Waals surface area contributed by atoms with E-state index >= 15 is 0 Å². The van der Waals surface area contributed by atoms with Crippen LogP contribution in [-0.4, -0.2) is 34.8 Å². The molecular weight excluding hydrogens is 338 g/mol. The zero-order chi connectivity index (χ0) is 18.6. The highest BCUT2D eigenvalue weighted by atomic mass is 16.5. The zero-order valence-corrected chi connectivity index (χ0v) is 16.1. The molecule has 2 heterocycles. The molecule has 2 fully saturated rings. The molecule has 142 valence electrons. The van der Waals surface area contributed by atoms with Gasteiger partial charge >= 0.3 is 0 Å². The number of aryl methyl sites for hydroxylation is 1. The lowest BCUT2D eigenvalue weighted by Crippen LogP contribution is -2.24. The van der Waals surface area contributed by atoms with Crippen molar-refractivity contribution in [3.05, 3.63) is 46.8 Å². The Kier molecular flexibility index (Phi) is 5.56. The summed E-state index contributed by atoms with van der Waals surface area (Å²) < 4.78 is 13.5. The number of methoxy groups -OCH3 is 1. The summed E-state index contributed by atoms with van der Waals surface area (Å²) in [5.74, 6) is 7.22. The highest BCUT2D eigenvalue weighted by molar-refractivity contribution is 5.43. The van der Waals surface area contributed by atoms with E-state index in [1.807, 2.05) is 10.9 Å². The first kappa shape index (κ1) is 18.2. The number of rotatable bonds is 5. The second kappa shape index (κ2) is 8.24. The van der Waals surface area contributed by atoms with E-state index in [0.717, 1.165) is 42.8 Å². The summed E-state index contributed by atoms with van der Waals surface area (Å²) in [5.41, 5.74) is 4.13. The first-order chi connectivity index (χ1) is 13.2. The molecule has 2 aliphatic rings. The average molecular weight is 365 g/mol. The fraction of sp³-hybridized carbons (Fsp3) is 0.545. The van der Waals surface area contributed by atoms with Gasteiger partial charge in [-0.15, -0.1) is 5.10 Å². The molecule has 1 aromatic heterocycles. The lowest BCUT2D eigenvalue weighted by molar-refractivity contribution is 0.00368. The predicted octanol–water partition coefficient (Wildman–Crippen LogP) is 3.65. The summed E-state index contributed by atoms with van der Waals surface area (Å²) in [5, 5.41) is 8.68. The van der Waals surface area contributed by atoms with Crippen LogP contribution in [0.1, 0.15) is 60.6 Å². The SMILES string of the molecule is CO[C@@H](c1cn(C[C@@H]2CCCCO2)nn1)c1cc(C#CC2CC2)ccc1C. The zero-order valence-electron chi connectivity index (χ0n) is 16.1. The van der Waals surface area contributed by atoms with E-state index in [0.29, 0.717) is 5.92 Å². The van der Waals surface area contributed by atoms with Gasteiger partial charge in [-0.05, 0) is 62.3 Å². The number of nitrogens with zero attached hydrogens (tertiary/aromatic N) is 3. The Morgan fingerprint density at radius 3 is 2.93 bits per heavy atom. The Morgan fingerprint density at radius 2 is 2.19 bits per heavy atom. The minimum absolute atomic E-state index is 0.233. The van der Waals surface area contributed by atoms with Crippen molar-refractivity contribution in [3.63, 3.8) is 0 Å². The first-order valence-corrected chi connectivity index (χ1v) is 9.89. The van der Waals surface area contributed by atoms with E-state index < -0.39 is 0 Å². The highest BCUT2D eigenvalue weighted by Gasteiger charge is 2.22. The van der Waals surface area contributed by atoms with Crippen molar-refractivity contribution >= 4 is 0 Å². The molecule has 1 aromatic carbocycles. The molecule has 2 aromatic rings. The van der Waals surface area contributed by atoms with Gasteiger partial charge in [-0.3, -0.25) is 0 Å². The van der Waals surface area contributed by atoms with Crippen LogP contribution in [-0.2, 0) is 16.0 Å². The van der Waals surface area contributed by atoms with Crippen molar-refractivity contribution in [2.75, 3.05) is 13.7 Å². The van der Waals surface area contributed by atoms with Crippen LogP contribution in [0.5, 0.6) is 0 Å². The third kappa shape index (κ3) is 4.58. The Labute approximate surface area is 161 Å². The molecule has 1 aliphatic heterocycles. The van der Waals surface area contributed by atoms with Crippen LogP contribution in [0.15, 0.2) is 24.4 Å². The summed E-state index contributed by atoms with van der Waals surface area (Å²) in [4.78, 5) is 0. The Morgan fingerprint density at radius 1 is 1.30 bits per heavy atom. The fourth-order valence-electron chi connectivity index (χ4n) is 3.50. The van der Waals surface area contributed by atoms with Gasteiger partial charge in [0.25, 0.3) is 0 Å². The molecule has 0 unspecified atom stereocenters. The molecule has 5 heteroatoms. The van der Waals surface area contributed by atoms with E-state index in [9.17, 15) is 0 Å². The molecule has 0 bridgehead atoms. The van der Waals surface area contributed by atoms with Gasteiger partial charge in [0.2, 0.25) is 0 Å². The molecule has 1 saturated carbocycles. The van der Waals surface area contributed by atoms with Crippen LogP contribution in [0.25, 0.3) is 0 Å². The number of ether oxygens (including phenoxy) is 2. The van der Waals surface area contributed by atoms with E-state index in [1.54, 1.807) is 7.11 Å². The summed E-state index contributed by atoms with van der Waals surface area (Å²) in [6.45, 7) is 3.69. The van der Waals surface area contributed by atoms with Gasteiger partial charge in [-0.25, -0.2) is 4.68 Å². The van der Waals surface area contributed by atoms with Crippen molar-refractivity contribution in [3.8, 4) is 11.8 Å². The smallest absolute Gasteiger partial charge is 0.128 e. The third-order valence-electron chi connectivity index (χ3n) is 5.29. The van der Waals surface area contributed by atoms with E-state index in [2.05, 4.69) is 47.3 Å². The summed E-state index contributed by atoms with van der Waals surface area (Å²) in [6, 6.07) is 6.32. The van der Waals surface area contributed by atoms with E-state index in [4.69, 9.17) is 9.47 Å². The number of hydrogen-bond acceptors (Lipinski definition) is 4. The summed E-state index contributed by atoms with van der Waals surface area (Å²) in [6.07, 6.45) is 7.91. The van der Waals surface area contributed by atoms with E-state index in [1.165, 1.54) is 24.8 Å². The molecule has 4 rings (SSSR count). The minimum atomic E-state index is -0.242. The molecule has 27 heavy (non-hydrogen) atoms. The lowest BCUT2D eigenvalue weighted by atomic mass is 9.98. The maximum atomic E-state index is 5.81. The van der Waals surface area contributed by atoms with Crippen molar-refractivity contribution in [2.24, 2.45) is 5.92 Å². The number of aromatic nitrogens is 3. The van der Waals surface area contributed by atoms with Crippen LogP contribution in [0, 0.1) is 24.7 Å². The quantitative estimate of drug-likeness (QED) is 0.759. The Balaban J connectivity index is 1.53. The van der Waals surface area contributed by atoms with Gasteiger partial charge in [0, 0.05) is 25.2 Å². The van der Waals surface area contributed by atoms with Crippen molar-refractivity contribution in [1.29, 1.82) is 0 Å². The van der Waals surface area contributed by atoms with Gasteiger partial charge in [0.15, 0.2) is 0 Å². The largest absolute Gasteiger partial charge is 0.376 e. The molecule has 0 spiro atoms. The molecular formula is C22H27N3O2. The fourth-order valence-corrected chi connectivity index (χ4v) is 3.50. The van der Waals surface area contributed by atoms with Crippen molar-refractivity contribution in [1.82, 2.24) is 15.0 Å². The van der Waals surface area contributed by atoms with Crippen LogP contribution >= 0.6 is 0 Å². The third-order valence-corrected chi connectivity index (χ3v) is 5.29. The first-order valence-electron chi connectivity index (χ1n) is 9.89. The van der Waals surface area contributed by atoms with Gasteiger partial charge < -0.3 is 9.47 Å².